The van der Waals surface area contributed by atoms with Crippen molar-refractivity contribution in [2.75, 3.05) is 36.9 Å². The van der Waals surface area contributed by atoms with E-state index in [-0.39, 0.29) is 17.3 Å². The van der Waals surface area contributed by atoms with Crippen LogP contribution in [0.2, 0.25) is 0 Å². The molecule has 9 nitrogen and oxygen atoms in total. The van der Waals surface area contributed by atoms with Crippen LogP contribution in [0, 0.1) is 10.1 Å². The topological polar surface area (TPSA) is 117 Å². The molecule has 0 atom stereocenters. The molecule has 1 aromatic rings. The normalized spacial score (nSPS) is 21.3. The van der Waals surface area contributed by atoms with E-state index in [1.54, 1.807) is 0 Å². The highest BCUT2D eigenvalue weighted by Crippen LogP contribution is 2.36. The fourth-order valence-corrected chi connectivity index (χ4v) is 2.63. The monoisotopic (exact) mass is 281 g/mol. The van der Waals surface area contributed by atoms with Crippen LogP contribution in [-0.4, -0.2) is 47.0 Å². The number of nitrogens with zero attached hydrogens (tertiary/aromatic N) is 4. The van der Waals surface area contributed by atoms with E-state index < -0.39 is 10.7 Å². The summed E-state index contributed by atoms with van der Waals surface area (Å²) in [7, 11) is 0. The van der Waals surface area contributed by atoms with Gasteiger partial charge in [-0.15, -0.1) is 0 Å². The van der Waals surface area contributed by atoms with Gasteiger partial charge >= 0.3 is 5.69 Å². The Bertz CT molecular complexity index is 522. The molecule has 108 valence electrons. The average molecular weight is 281 g/mol. The number of nitrogens with two attached hydrogens (primary N) is 1. The molecule has 0 unspecified atom stereocenters. The Labute approximate surface area is 114 Å². The van der Waals surface area contributed by atoms with Crippen molar-refractivity contribution < 1.29 is 14.4 Å². The van der Waals surface area contributed by atoms with Crippen molar-refractivity contribution in [3.05, 3.63) is 16.4 Å². The Kier molecular flexibility index (Phi) is 3.14. The fraction of sp³-hybridized carbons (Fsp3) is 0.636. The summed E-state index contributed by atoms with van der Waals surface area (Å²) in [6.07, 6.45) is 2.53. The molecule has 3 heterocycles. The average Bonchev–Trinajstić information content (AvgIpc) is 2.87. The minimum Gasteiger partial charge on any atom is -0.378 e. The van der Waals surface area contributed by atoms with Gasteiger partial charge in [0.15, 0.2) is 5.79 Å². The van der Waals surface area contributed by atoms with Gasteiger partial charge < -0.3 is 20.1 Å². The lowest BCUT2D eigenvalue weighted by Crippen LogP contribution is -2.45. The van der Waals surface area contributed by atoms with E-state index in [4.69, 9.17) is 15.2 Å². The molecule has 0 saturated carbocycles. The van der Waals surface area contributed by atoms with Crippen molar-refractivity contribution >= 4 is 17.3 Å². The van der Waals surface area contributed by atoms with Crippen LogP contribution in [-0.2, 0) is 9.47 Å². The smallest absolute Gasteiger partial charge is 0.353 e. The molecule has 2 aliphatic heterocycles. The van der Waals surface area contributed by atoms with E-state index in [9.17, 15) is 10.1 Å². The Hall–Kier alpha value is -2.00. The number of hydrogen-bond donors (Lipinski definition) is 1. The van der Waals surface area contributed by atoms with Gasteiger partial charge in [-0.25, -0.2) is 9.97 Å². The quantitative estimate of drug-likeness (QED) is 0.608. The van der Waals surface area contributed by atoms with Gasteiger partial charge in [-0.1, -0.05) is 0 Å². The maximum atomic E-state index is 11.1. The number of ether oxygens (including phenoxy) is 2. The molecule has 1 spiro atoms. The lowest BCUT2D eigenvalue weighted by Gasteiger charge is -2.37. The van der Waals surface area contributed by atoms with Gasteiger partial charge in [-0.05, 0) is 0 Å². The highest BCUT2D eigenvalue weighted by atomic mass is 16.7. The highest BCUT2D eigenvalue weighted by Gasteiger charge is 2.41. The molecule has 3 rings (SSSR count). The SMILES string of the molecule is Nc1ncnc(N2CCC3(CC2)OCCO3)c1[N+](=O)[O-]. The Morgan fingerprint density at radius 1 is 1.30 bits per heavy atom. The molecule has 0 aromatic carbocycles. The van der Waals surface area contributed by atoms with Crippen LogP contribution in [0.25, 0.3) is 0 Å². The van der Waals surface area contributed by atoms with Crippen molar-refractivity contribution in [1.29, 1.82) is 0 Å². The molecule has 0 bridgehead atoms. The number of hydrogen-bond acceptors (Lipinski definition) is 8. The third kappa shape index (κ3) is 2.14. The summed E-state index contributed by atoms with van der Waals surface area (Å²) in [5.74, 6) is -0.381. The van der Waals surface area contributed by atoms with Crippen molar-refractivity contribution in [1.82, 2.24) is 9.97 Å². The van der Waals surface area contributed by atoms with Crippen molar-refractivity contribution in [3.63, 3.8) is 0 Å². The van der Waals surface area contributed by atoms with Crippen LogP contribution >= 0.6 is 0 Å². The van der Waals surface area contributed by atoms with Crippen LogP contribution in [0.3, 0.4) is 0 Å². The minimum atomic E-state index is -0.544. The first-order valence-electron chi connectivity index (χ1n) is 6.39. The van der Waals surface area contributed by atoms with Gasteiger partial charge in [0.1, 0.15) is 6.33 Å². The van der Waals surface area contributed by atoms with Crippen LogP contribution in [0.1, 0.15) is 12.8 Å². The largest absolute Gasteiger partial charge is 0.378 e. The zero-order chi connectivity index (χ0) is 14.2. The highest BCUT2D eigenvalue weighted by molar-refractivity contribution is 5.68. The maximum Gasteiger partial charge on any atom is 0.353 e. The van der Waals surface area contributed by atoms with Crippen molar-refractivity contribution in [2.24, 2.45) is 0 Å². The van der Waals surface area contributed by atoms with Crippen LogP contribution < -0.4 is 10.6 Å². The van der Waals surface area contributed by atoms with Gasteiger partial charge in [0, 0.05) is 25.9 Å². The van der Waals surface area contributed by atoms with Crippen molar-refractivity contribution in [3.8, 4) is 0 Å². The lowest BCUT2D eigenvalue weighted by atomic mass is 10.0. The second kappa shape index (κ2) is 4.84. The zero-order valence-electron chi connectivity index (χ0n) is 10.8. The van der Waals surface area contributed by atoms with Gasteiger partial charge in [0.25, 0.3) is 0 Å². The molecule has 1 aromatic heterocycles. The minimum absolute atomic E-state index is 0.117. The zero-order valence-corrected chi connectivity index (χ0v) is 10.8. The molecule has 2 fully saturated rings. The van der Waals surface area contributed by atoms with Crippen LogP contribution in [0.4, 0.5) is 17.3 Å². The number of aromatic nitrogens is 2. The third-order valence-electron chi connectivity index (χ3n) is 3.65. The van der Waals surface area contributed by atoms with Crippen molar-refractivity contribution in [2.45, 2.75) is 18.6 Å². The molecular weight excluding hydrogens is 266 g/mol. The number of anilines is 2. The second-order valence-corrected chi connectivity index (χ2v) is 4.78. The summed E-state index contributed by atoms with van der Waals surface area (Å²) in [6, 6.07) is 0. The molecule has 2 N–H and O–H groups in total. The number of piperidine rings is 1. The lowest BCUT2D eigenvalue weighted by molar-refractivity contribution is -0.383. The van der Waals surface area contributed by atoms with E-state index in [1.807, 2.05) is 4.90 Å². The van der Waals surface area contributed by atoms with Crippen LogP contribution in [0.15, 0.2) is 6.33 Å². The molecule has 0 radical (unpaired) electrons. The first-order valence-corrected chi connectivity index (χ1v) is 6.39. The molecular formula is C11H15N5O4. The predicted molar refractivity (Wildman–Crippen MR) is 69.2 cm³/mol. The van der Waals surface area contributed by atoms with Gasteiger partial charge in [0.05, 0.1) is 18.1 Å². The van der Waals surface area contributed by atoms with E-state index in [2.05, 4.69) is 9.97 Å². The summed E-state index contributed by atoms with van der Waals surface area (Å²) in [5, 5.41) is 11.1. The summed E-state index contributed by atoms with van der Waals surface area (Å²) >= 11 is 0. The Balaban J connectivity index is 1.81. The van der Waals surface area contributed by atoms with E-state index >= 15 is 0 Å². The molecule has 2 saturated heterocycles. The van der Waals surface area contributed by atoms with Crippen LogP contribution in [0.5, 0.6) is 0 Å². The van der Waals surface area contributed by atoms with Gasteiger partial charge in [0.2, 0.25) is 11.6 Å². The Morgan fingerprint density at radius 3 is 2.55 bits per heavy atom. The molecule has 0 amide bonds. The summed E-state index contributed by atoms with van der Waals surface area (Å²) < 4.78 is 11.3. The second-order valence-electron chi connectivity index (χ2n) is 4.78. The number of rotatable bonds is 2. The van der Waals surface area contributed by atoms with Gasteiger partial charge in [-0.2, -0.15) is 0 Å². The van der Waals surface area contributed by atoms with Gasteiger partial charge in [-0.3, -0.25) is 10.1 Å². The first kappa shape index (κ1) is 13.0. The fourth-order valence-electron chi connectivity index (χ4n) is 2.63. The molecule has 20 heavy (non-hydrogen) atoms. The molecule has 2 aliphatic rings. The van der Waals surface area contributed by atoms with E-state index in [0.717, 1.165) is 0 Å². The number of nitro groups is 1. The molecule has 0 aliphatic carbocycles. The maximum absolute atomic E-state index is 11.1. The summed E-state index contributed by atoms with van der Waals surface area (Å²) in [5.41, 5.74) is 5.34. The summed E-state index contributed by atoms with van der Waals surface area (Å²) in [6.45, 7) is 2.33. The van der Waals surface area contributed by atoms with E-state index in [0.29, 0.717) is 39.1 Å². The predicted octanol–water partition coefficient (Wildman–Crippen LogP) is 0.310. The summed E-state index contributed by atoms with van der Waals surface area (Å²) in [4.78, 5) is 20.1. The number of nitrogen functional groups attached to an aromatic ring is 1. The standard InChI is InChI=1S/C11H15N5O4/c12-9-8(16(17)18)10(14-7-13-9)15-3-1-11(2-4-15)19-5-6-20-11/h7H,1-6H2,(H2,12,13,14). The van der Waals surface area contributed by atoms with E-state index in [1.165, 1.54) is 6.33 Å². The first-order chi connectivity index (χ1) is 9.61. The molecule has 9 heteroatoms. The Morgan fingerprint density at radius 2 is 1.95 bits per heavy atom. The third-order valence-corrected chi connectivity index (χ3v) is 3.65.